The second-order valence-corrected chi connectivity index (χ2v) is 3.89. The molecule has 0 heterocycles. The molecule has 90 valence electrons. The predicted octanol–water partition coefficient (Wildman–Crippen LogP) is 2.90. The van der Waals surface area contributed by atoms with Crippen LogP contribution in [0.4, 0.5) is 4.39 Å². The molecule has 1 rings (SSSR count). The van der Waals surface area contributed by atoms with Gasteiger partial charge in [-0.2, -0.15) is 0 Å². The normalized spacial score (nSPS) is 14.8. The van der Waals surface area contributed by atoms with Crippen LogP contribution in [0, 0.1) is 5.82 Å². The summed E-state index contributed by atoms with van der Waals surface area (Å²) in [5, 5.41) is 3.31. The topological polar surface area (TPSA) is 21.3 Å². The molecule has 1 aromatic rings. The van der Waals surface area contributed by atoms with Crippen LogP contribution in [-0.2, 0) is 4.74 Å². The van der Waals surface area contributed by atoms with Crippen molar-refractivity contribution >= 4 is 0 Å². The fourth-order valence-corrected chi connectivity index (χ4v) is 1.69. The third-order valence-electron chi connectivity index (χ3n) is 2.70. The molecule has 0 aliphatic carbocycles. The molecule has 0 saturated carbocycles. The molecular weight excluding hydrogens is 205 g/mol. The van der Waals surface area contributed by atoms with Crippen LogP contribution in [-0.4, -0.2) is 19.8 Å². The Balaban J connectivity index is 2.87. The Kier molecular flexibility index (Phi) is 5.43. The van der Waals surface area contributed by atoms with E-state index in [-0.39, 0.29) is 18.0 Å². The second-order valence-electron chi connectivity index (χ2n) is 3.89. The van der Waals surface area contributed by atoms with Gasteiger partial charge < -0.3 is 10.1 Å². The van der Waals surface area contributed by atoms with Crippen molar-refractivity contribution < 1.29 is 9.13 Å². The van der Waals surface area contributed by atoms with Crippen molar-refractivity contribution in [2.75, 3.05) is 13.7 Å². The molecule has 1 aromatic carbocycles. The fraction of sp³-hybridized carbons (Fsp3) is 0.538. The molecule has 0 bridgehead atoms. The number of ether oxygens (including phenoxy) is 1. The Labute approximate surface area is 96.8 Å². The lowest BCUT2D eigenvalue weighted by Gasteiger charge is -2.24. The first-order valence-corrected chi connectivity index (χ1v) is 5.71. The summed E-state index contributed by atoms with van der Waals surface area (Å²) < 4.78 is 19.0. The van der Waals surface area contributed by atoms with Gasteiger partial charge in [0.25, 0.3) is 0 Å². The van der Waals surface area contributed by atoms with Crippen LogP contribution in [0.25, 0.3) is 0 Å². The van der Waals surface area contributed by atoms with E-state index in [0.717, 1.165) is 13.0 Å². The highest BCUT2D eigenvalue weighted by atomic mass is 19.1. The van der Waals surface area contributed by atoms with Crippen LogP contribution in [0.3, 0.4) is 0 Å². The molecule has 3 heteroatoms. The minimum absolute atomic E-state index is 0.0524. The molecule has 0 fully saturated rings. The zero-order valence-electron chi connectivity index (χ0n) is 10.2. The Morgan fingerprint density at radius 3 is 2.62 bits per heavy atom. The van der Waals surface area contributed by atoms with Gasteiger partial charge in [-0.15, -0.1) is 0 Å². The lowest BCUT2D eigenvalue weighted by Crippen LogP contribution is -2.32. The quantitative estimate of drug-likeness (QED) is 0.803. The minimum atomic E-state index is -0.181. The third kappa shape index (κ3) is 3.29. The lowest BCUT2D eigenvalue weighted by atomic mass is 10.0. The third-order valence-corrected chi connectivity index (χ3v) is 2.70. The molecule has 1 N–H and O–H groups in total. The average Bonchev–Trinajstić information content (AvgIpc) is 2.31. The Morgan fingerprint density at radius 1 is 1.38 bits per heavy atom. The van der Waals surface area contributed by atoms with Gasteiger partial charge in [0, 0.05) is 12.7 Å². The van der Waals surface area contributed by atoms with Crippen LogP contribution in [0.5, 0.6) is 0 Å². The van der Waals surface area contributed by atoms with E-state index in [1.165, 1.54) is 6.07 Å². The Morgan fingerprint density at radius 2 is 2.06 bits per heavy atom. The number of benzene rings is 1. The Bertz CT molecular complexity index is 317. The highest BCUT2D eigenvalue weighted by Gasteiger charge is 2.20. The van der Waals surface area contributed by atoms with Crippen molar-refractivity contribution in [3.8, 4) is 0 Å². The van der Waals surface area contributed by atoms with Crippen LogP contribution in [0.1, 0.15) is 31.9 Å². The van der Waals surface area contributed by atoms with E-state index in [0.29, 0.717) is 5.56 Å². The summed E-state index contributed by atoms with van der Waals surface area (Å²) >= 11 is 0. The largest absolute Gasteiger partial charge is 0.380 e. The Hall–Kier alpha value is -0.930. The summed E-state index contributed by atoms with van der Waals surface area (Å²) in [6.07, 6.45) is 0.963. The SMILES string of the molecule is CCCNC(c1ccccc1F)C(C)OC. The first-order chi connectivity index (χ1) is 7.70. The highest BCUT2D eigenvalue weighted by Crippen LogP contribution is 2.21. The average molecular weight is 225 g/mol. The maximum Gasteiger partial charge on any atom is 0.128 e. The van der Waals surface area contributed by atoms with Gasteiger partial charge in [0.1, 0.15) is 5.82 Å². The van der Waals surface area contributed by atoms with E-state index in [4.69, 9.17) is 4.74 Å². The molecule has 0 saturated heterocycles. The highest BCUT2D eigenvalue weighted by molar-refractivity contribution is 5.22. The number of hydrogen-bond acceptors (Lipinski definition) is 2. The summed E-state index contributed by atoms with van der Waals surface area (Å²) in [6, 6.07) is 6.75. The molecule has 0 radical (unpaired) electrons. The number of halogens is 1. The van der Waals surface area contributed by atoms with E-state index in [9.17, 15) is 4.39 Å². The molecule has 0 aromatic heterocycles. The second kappa shape index (κ2) is 6.61. The zero-order valence-corrected chi connectivity index (χ0v) is 10.2. The zero-order chi connectivity index (χ0) is 12.0. The van der Waals surface area contributed by atoms with Gasteiger partial charge in [0.2, 0.25) is 0 Å². The molecule has 16 heavy (non-hydrogen) atoms. The molecule has 2 nitrogen and oxygen atoms in total. The summed E-state index contributed by atoms with van der Waals surface area (Å²) in [7, 11) is 1.64. The number of rotatable bonds is 6. The van der Waals surface area contributed by atoms with Gasteiger partial charge in [-0.25, -0.2) is 4.39 Å². The van der Waals surface area contributed by atoms with Gasteiger partial charge in [0.05, 0.1) is 12.1 Å². The van der Waals surface area contributed by atoms with Gasteiger partial charge in [-0.1, -0.05) is 25.1 Å². The smallest absolute Gasteiger partial charge is 0.128 e. The molecule has 2 unspecified atom stereocenters. The summed E-state index contributed by atoms with van der Waals surface area (Å²) in [4.78, 5) is 0. The molecule has 2 atom stereocenters. The summed E-state index contributed by atoms with van der Waals surface area (Å²) in [5.41, 5.74) is 0.672. The van der Waals surface area contributed by atoms with E-state index in [1.807, 2.05) is 13.0 Å². The van der Waals surface area contributed by atoms with Crippen LogP contribution in [0.15, 0.2) is 24.3 Å². The van der Waals surface area contributed by atoms with Crippen molar-refractivity contribution in [1.29, 1.82) is 0 Å². The molecule has 0 aliphatic rings. The first-order valence-electron chi connectivity index (χ1n) is 5.71. The molecule has 0 spiro atoms. The summed E-state index contributed by atoms with van der Waals surface area (Å²) in [6.45, 7) is 4.88. The van der Waals surface area contributed by atoms with Crippen molar-refractivity contribution in [2.45, 2.75) is 32.4 Å². The lowest BCUT2D eigenvalue weighted by molar-refractivity contribution is 0.0818. The standard InChI is InChI=1S/C13H20FNO/c1-4-9-15-13(10(2)16-3)11-7-5-6-8-12(11)14/h5-8,10,13,15H,4,9H2,1-3H3. The van der Waals surface area contributed by atoms with Gasteiger partial charge in [0.15, 0.2) is 0 Å². The molecular formula is C13H20FNO. The van der Waals surface area contributed by atoms with E-state index in [2.05, 4.69) is 12.2 Å². The van der Waals surface area contributed by atoms with Crippen LogP contribution >= 0.6 is 0 Å². The monoisotopic (exact) mass is 225 g/mol. The first kappa shape index (κ1) is 13.1. The van der Waals surface area contributed by atoms with Gasteiger partial charge in [-0.3, -0.25) is 0 Å². The van der Waals surface area contributed by atoms with Crippen LogP contribution < -0.4 is 5.32 Å². The maximum atomic E-state index is 13.7. The van der Waals surface area contributed by atoms with Crippen molar-refractivity contribution in [2.24, 2.45) is 0 Å². The van der Waals surface area contributed by atoms with E-state index in [1.54, 1.807) is 19.2 Å². The predicted molar refractivity (Wildman–Crippen MR) is 63.9 cm³/mol. The van der Waals surface area contributed by atoms with E-state index < -0.39 is 0 Å². The number of methoxy groups -OCH3 is 1. The van der Waals surface area contributed by atoms with E-state index >= 15 is 0 Å². The van der Waals surface area contributed by atoms with Crippen molar-refractivity contribution in [1.82, 2.24) is 5.32 Å². The van der Waals surface area contributed by atoms with Crippen molar-refractivity contribution in [3.05, 3.63) is 35.6 Å². The van der Waals surface area contributed by atoms with Crippen molar-refractivity contribution in [3.63, 3.8) is 0 Å². The molecule has 0 aliphatic heterocycles. The summed E-state index contributed by atoms with van der Waals surface area (Å²) in [5.74, 6) is -0.181. The maximum absolute atomic E-state index is 13.7. The minimum Gasteiger partial charge on any atom is -0.380 e. The fourth-order valence-electron chi connectivity index (χ4n) is 1.69. The van der Waals surface area contributed by atoms with Crippen LogP contribution in [0.2, 0.25) is 0 Å². The van der Waals surface area contributed by atoms with Gasteiger partial charge in [-0.05, 0) is 26.0 Å². The molecule has 0 amide bonds. The van der Waals surface area contributed by atoms with Gasteiger partial charge >= 0.3 is 0 Å². The number of hydrogen-bond donors (Lipinski definition) is 1. The number of nitrogens with one attached hydrogen (secondary N) is 1.